The van der Waals surface area contributed by atoms with Crippen LogP contribution in [0.15, 0.2) is 67.3 Å². The van der Waals surface area contributed by atoms with Crippen molar-refractivity contribution < 1.29 is 18.7 Å². The average Bonchev–Trinajstić information content (AvgIpc) is 3.27. The fourth-order valence-electron chi connectivity index (χ4n) is 3.94. The number of rotatable bonds is 4. The normalized spacial score (nSPS) is 16.3. The SMILES string of the molecule is COc1ccc(-c2ccc3c([C@@H]4CN(C(=O)c5ccnc(F)c5)CCO4)ncn3c2)cc1. The van der Waals surface area contributed by atoms with Crippen molar-refractivity contribution in [2.75, 3.05) is 26.8 Å². The molecule has 1 amide bonds. The minimum atomic E-state index is -0.673. The van der Waals surface area contributed by atoms with E-state index in [1.807, 2.05) is 47.0 Å². The van der Waals surface area contributed by atoms with Gasteiger partial charge in [-0.1, -0.05) is 18.2 Å². The van der Waals surface area contributed by atoms with E-state index < -0.39 is 5.95 Å². The molecule has 1 aromatic carbocycles. The first-order valence-corrected chi connectivity index (χ1v) is 10.3. The monoisotopic (exact) mass is 432 g/mol. The molecule has 4 aromatic rings. The van der Waals surface area contributed by atoms with Gasteiger partial charge >= 0.3 is 0 Å². The van der Waals surface area contributed by atoms with Crippen LogP contribution in [0.5, 0.6) is 5.75 Å². The van der Waals surface area contributed by atoms with E-state index in [-0.39, 0.29) is 17.6 Å². The first-order chi connectivity index (χ1) is 15.6. The number of methoxy groups -OCH3 is 1. The summed E-state index contributed by atoms with van der Waals surface area (Å²) in [5, 5.41) is 0. The minimum absolute atomic E-state index is 0.245. The van der Waals surface area contributed by atoms with E-state index >= 15 is 0 Å². The number of pyridine rings is 2. The highest BCUT2D eigenvalue weighted by atomic mass is 19.1. The van der Waals surface area contributed by atoms with Gasteiger partial charge in [0.05, 0.1) is 37.8 Å². The number of nitrogens with zero attached hydrogens (tertiary/aromatic N) is 4. The Bertz CT molecular complexity index is 1270. The largest absolute Gasteiger partial charge is 0.497 e. The van der Waals surface area contributed by atoms with E-state index in [4.69, 9.17) is 9.47 Å². The lowest BCUT2D eigenvalue weighted by atomic mass is 10.1. The topological polar surface area (TPSA) is 69.0 Å². The van der Waals surface area contributed by atoms with Crippen molar-refractivity contribution in [3.05, 3.63) is 84.5 Å². The number of ether oxygens (including phenoxy) is 2. The van der Waals surface area contributed by atoms with Gasteiger partial charge in [0.2, 0.25) is 5.95 Å². The third-order valence-corrected chi connectivity index (χ3v) is 5.62. The van der Waals surface area contributed by atoms with Crippen LogP contribution >= 0.6 is 0 Å². The lowest BCUT2D eigenvalue weighted by Gasteiger charge is -2.32. The summed E-state index contributed by atoms with van der Waals surface area (Å²) in [4.78, 5) is 22.6. The Morgan fingerprint density at radius 2 is 1.94 bits per heavy atom. The third-order valence-electron chi connectivity index (χ3n) is 5.62. The van der Waals surface area contributed by atoms with Gasteiger partial charge in [0.15, 0.2) is 0 Å². The molecule has 0 spiro atoms. The first-order valence-electron chi connectivity index (χ1n) is 10.3. The molecule has 162 valence electrons. The number of benzene rings is 1. The van der Waals surface area contributed by atoms with Crippen molar-refractivity contribution in [1.82, 2.24) is 19.3 Å². The molecule has 0 bridgehead atoms. The van der Waals surface area contributed by atoms with Crippen LogP contribution in [-0.2, 0) is 4.74 Å². The van der Waals surface area contributed by atoms with Crippen molar-refractivity contribution in [1.29, 1.82) is 0 Å². The zero-order valence-corrected chi connectivity index (χ0v) is 17.4. The zero-order chi connectivity index (χ0) is 22.1. The summed E-state index contributed by atoms with van der Waals surface area (Å²) in [5.41, 5.74) is 4.07. The second-order valence-electron chi connectivity index (χ2n) is 7.55. The number of carbonyl (C=O) groups excluding carboxylic acids is 1. The lowest BCUT2D eigenvalue weighted by molar-refractivity contribution is -0.0239. The van der Waals surface area contributed by atoms with Crippen molar-refractivity contribution in [2.24, 2.45) is 0 Å². The molecule has 5 rings (SSSR count). The molecular formula is C24H21FN4O3. The fraction of sp³-hybridized carbons (Fsp3) is 0.208. The number of amides is 1. The molecule has 1 aliphatic rings. The van der Waals surface area contributed by atoms with Crippen LogP contribution in [0.2, 0.25) is 0 Å². The summed E-state index contributed by atoms with van der Waals surface area (Å²) in [5.74, 6) is -0.110. The molecule has 1 saturated heterocycles. The Morgan fingerprint density at radius 1 is 1.12 bits per heavy atom. The average molecular weight is 432 g/mol. The van der Waals surface area contributed by atoms with Crippen molar-refractivity contribution >= 4 is 11.4 Å². The van der Waals surface area contributed by atoms with E-state index in [0.717, 1.165) is 34.2 Å². The fourth-order valence-corrected chi connectivity index (χ4v) is 3.94. The Kier molecular flexibility index (Phi) is 5.28. The maximum Gasteiger partial charge on any atom is 0.254 e. The number of carbonyl (C=O) groups is 1. The van der Waals surface area contributed by atoms with Gasteiger partial charge < -0.3 is 18.8 Å². The number of aromatic nitrogens is 3. The highest BCUT2D eigenvalue weighted by molar-refractivity contribution is 5.94. The number of hydrogen-bond acceptors (Lipinski definition) is 5. The Hall–Kier alpha value is -3.78. The van der Waals surface area contributed by atoms with E-state index in [1.165, 1.54) is 12.3 Å². The molecular weight excluding hydrogens is 411 g/mol. The van der Waals surface area contributed by atoms with Crippen molar-refractivity contribution in [3.8, 4) is 16.9 Å². The summed E-state index contributed by atoms with van der Waals surface area (Å²) < 4.78 is 26.6. The van der Waals surface area contributed by atoms with Gasteiger partial charge in [0, 0.05) is 30.6 Å². The summed E-state index contributed by atoms with van der Waals surface area (Å²) in [6.45, 7) is 1.16. The number of morpholine rings is 1. The van der Waals surface area contributed by atoms with E-state index in [2.05, 4.69) is 9.97 Å². The molecule has 3 aromatic heterocycles. The standard InChI is InChI=1S/C24H21FN4O3/c1-31-19-5-2-16(3-6-19)18-4-7-20-23(27-15-29(20)13-18)21-14-28(10-11-32-21)24(30)17-8-9-26-22(25)12-17/h2-9,12-13,15,21H,10-11,14H2,1H3/t21-/m0/s1. The molecule has 4 heterocycles. The van der Waals surface area contributed by atoms with Crippen LogP contribution in [0, 0.1) is 5.95 Å². The number of hydrogen-bond donors (Lipinski definition) is 0. The molecule has 0 radical (unpaired) electrons. The van der Waals surface area contributed by atoms with Gasteiger partial charge in [-0.15, -0.1) is 0 Å². The Labute approximate surface area is 184 Å². The first kappa shape index (κ1) is 20.1. The van der Waals surface area contributed by atoms with Gasteiger partial charge in [-0.2, -0.15) is 4.39 Å². The van der Waals surface area contributed by atoms with Crippen molar-refractivity contribution in [3.63, 3.8) is 0 Å². The van der Waals surface area contributed by atoms with Crippen LogP contribution in [0.1, 0.15) is 22.2 Å². The van der Waals surface area contributed by atoms with Crippen LogP contribution in [-0.4, -0.2) is 52.0 Å². The Morgan fingerprint density at radius 3 is 2.72 bits per heavy atom. The summed E-state index contributed by atoms with van der Waals surface area (Å²) >= 11 is 0. The van der Waals surface area contributed by atoms with E-state index in [0.29, 0.717) is 19.7 Å². The maximum absolute atomic E-state index is 13.4. The van der Waals surface area contributed by atoms with Gasteiger partial charge in [-0.05, 0) is 35.4 Å². The quantitative estimate of drug-likeness (QED) is 0.460. The van der Waals surface area contributed by atoms with Crippen LogP contribution in [0.3, 0.4) is 0 Å². The molecule has 1 aliphatic heterocycles. The number of fused-ring (bicyclic) bond motifs is 1. The third kappa shape index (κ3) is 3.80. The van der Waals surface area contributed by atoms with Gasteiger partial charge in [0.25, 0.3) is 5.91 Å². The van der Waals surface area contributed by atoms with Gasteiger partial charge in [0.1, 0.15) is 11.9 Å². The van der Waals surface area contributed by atoms with Crippen LogP contribution in [0.25, 0.3) is 16.6 Å². The minimum Gasteiger partial charge on any atom is -0.497 e. The molecule has 0 aliphatic carbocycles. The van der Waals surface area contributed by atoms with Crippen LogP contribution < -0.4 is 4.74 Å². The second kappa shape index (κ2) is 8.39. The Balaban J connectivity index is 1.38. The highest BCUT2D eigenvalue weighted by Crippen LogP contribution is 2.28. The lowest BCUT2D eigenvalue weighted by Crippen LogP contribution is -2.42. The molecule has 0 unspecified atom stereocenters. The molecule has 7 nitrogen and oxygen atoms in total. The highest BCUT2D eigenvalue weighted by Gasteiger charge is 2.29. The molecule has 1 fully saturated rings. The van der Waals surface area contributed by atoms with Crippen LogP contribution in [0.4, 0.5) is 4.39 Å². The summed E-state index contributed by atoms with van der Waals surface area (Å²) in [6.07, 6.45) is 4.69. The number of halogens is 1. The smallest absolute Gasteiger partial charge is 0.254 e. The molecule has 0 N–H and O–H groups in total. The second-order valence-corrected chi connectivity index (χ2v) is 7.55. The molecule has 0 saturated carbocycles. The zero-order valence-electron chi connectivity index (χ0n) is 17.4. The van der Waals surface area contributed by atoms with E-state index in [9.17, 15) is 9.18 Å². The molecule has 8 heteroatoms. The predicted octanol–water partition coefficient (Wildman–Crippen LogP) is 3.76. The molecule has 32 heavy (non-hydrogen) atoms. The van der Waals surface area contributed by atoms with E-state index in [1.54, 1.807) is 18.3 Å². The summed E-state index contributed by atoms with van der Waals surface area (Å²) in [6, 6.07) is 14.6. The van der Waals surface area contributed by atoms with Gasteiger partial charge in [-0.3, -0.25) is 4.79 Å². The number of imidazole rings is 1. The summed E-state index contributed by atoms with van der Waals surface area (Å²) in [7, 11) is 1.64. The maximum atomic E-state index is 13.4. The van der Waals surface area contributed by atoms with Crippen molar-refractivity contribution in [2.45, 2.75) is 6.10 Å². The molecule has 1 atom stereocenters. The predicted molar refractivity (Wildman–Crippen MR) is 116 cm³/mol. The van der Waals surface area contributed by atoms with Gasteiger partial charge in [-0.25, -0.2) is 9.97 Å².